The molecule has 1 unspecified atom stereocenters. The van der Waals surface area contributed by atoms with E-state index in [1.807, 2.05) is 53.4 Å². The van der Waals surface area contributed by atoms with Gasteiger partial charge in [0.1, 0.15) is 0 Å². The van der Waals surface area contributed by atoms with Crippen LogP contribution in [0, 0.1) is 0 Å². The van der Waals surface area contributed by atoms with Gasteiger partial charge in [0.05, 0.1) is 31.0 Å². The van der Waals surface area contributed by atoms with Gasteiger partial charge in [0.25, 0.3) is 0 Å². The van der Waals surface area contributed by atoms with E-state index in [1.54, 1.807) is 20.4 Å². The maximum absolute atomic E-state index is 13.3. The summed E-state index contributed by atoms with van der Waals surface area (Å²) in [6.45, 7) is 0.656. The topological polar surface area (TPSA) is 51.7 Å². The molecule has 1 aliphatic heterocycles. The first-order chi connectivity index (χ1) is 14.7. The zero-order chi connectivity index (χ0) is 20.9. The predicted molar refractivity (Wildman–Crippen MR) is 118 cm³/mol. The normalized spacial score (nSPS) is 15.4. The Bertz CT molecular complexity index is 1010. The largest absolute Gasteiger partial charge is 0.493 e. The van der Waals surface area contributed by atoms with Gasteiger partial charge < -0.3 is 14.4 Å². The number of carbonyl (C=O) groups excluding carboxylic acids is 1. The molecule has 0 spiro atoms. The van der Waals surface area contributed by atoms with Crippen molar-refractivity contribution in [2.24, 2.45) is 0 Å². The molecule has 0 fully saturated rings. The van der Waals surface area contributed by atoms with Crippen molar-refractivity contribution in [1.82, 2.24) is 9.88 Å². The van der Waals surface area contributed by atoms with E-state index in [-0.39, 0.29) is 11.9 Å². The highest BCUT2D eigenvalue weighted by atomic mass is 32.2. The van der Waals surface area contributed by atoms with Gasteiger partial charge in [0.2, 0.25) is 5.91 Å². The average molecular weight is 421 g/mol. The second kappa shape index (κ2) is 9.22. The SMILES string of the molecule is COc1cc2c(cc1OC)C(c1ccccc1)N(C(=O)CSc1ccccn1)CC2. The Hall–Kier alpha value is -2.99. The van der Waals surface area contributed by atoms with E-state index < -0.39 is 0 Å². The molecule has 2 aromatic carbocycles. The summed E-state index contributed by atoms with van der Waals surface area (Å²) >= 11 is 1.47. The minimum atomic E-state index is -0.161. The monoisotopic (exact) mass is 420 g/mol. The quantitative estimate of drug-likeness (QED) is 0.555. The molecule has 0 bridgehead atoms. The molecule has 0 saturated carbocycles. The summed E-state index contributed by atoms with van der Waals surface area (Å²) in [6.07, 6.45) is 2.52. The molecule has 2 heterocycles. The number of rotatable bonds is 6. The van der Waals surface area contributed by atoms with Gasteiger partial charge in [0, 0.05) is 12.7 Å². The molecule has 0 aliphatic carbocycles. The minimum Gasteiger partial charge on any atom is -0.493 e. The van der Waals surface area contributed by atoms with Crippen molar-refractivity contribution in [3.05, 3.63) is 83.6 Å². The molecular weight excluding hydrogens is 396 g/mol. The number of methoxy groups -OCH3 is 2. The van der Waals surface area contributed by atoms with Crippen molar-refractivity contribution < 1.29 is 14.3 Å². The van der Waals surface area contributed by atoms with Crippen LogP contribution >= 0.6 is 11.8 Å². The van der Waals surface area contributed by atoms with Crippen LogP contribution in [0.25, 0.3) is 0 Å². The zero-order valence-corrected chi connectivity index (χ0v) is 17.9. The highest BCUT2D eigenvalue weighted by Gasteiger charge is 2.33. The fourth-order valence-corrected chi connectivity index (χ4v) is 4.61. The number of benzene rings is 2. The summed E-state index contributed by atoms with van der Waals surface area (Å²) < 4.78 is 11.0. The lowest BCUT2D eigenvalue weighted by Gasteiger charge is -2.38. The Morgan fingerprint density at radius 1 is 1.07 bits per heavy atom. The van der Waals surface area contributed by atoms with Crippen molar-refractivity contribution in [2.45, 2.75) is 17.5 Å². The maximum Gasteiger partial charge on any atom is 0.233 e. The highest BCUT2D eigenvalue weighted by molar-refractivity contribution is 7.99. The third kappa shape index (κ3) is 4.14. The third-order valence-electron chi connectivity index (χ3n) is 5.29. The standard InChI is InChI=1S/C24H24N2O3S/c1-28-20-14-18-11-13-26(23(27)16-30-22-10-6-7-12-25-22)24(17-8-4-3-5-9-17)19(18)15-21(20)29-2/h3-10,12,14-15,24H,11,13,16H2,1-2H3. The van der Waals surface area contributed by atoms with Gasteiger partial charge in [-0.2, -0.15) is 0 Å². The lowest BCUT2D eigenvalue weighted by atomic mass is 9.87. The first-order valence-electron chi connectivity index (χ1n) is 9.84. The first-order valence-corrected chi connectivity index (χ1v) is 10.8. The molecule has 1 aromatic heterocycles. The summed E-state index contributed by atoms with van der Waals surface area (Å²) in [5.41, 5.74) is 3.35. The van der Waals surface area contributed by atoms with E-state index in [0.29, 0.717) is 23.8 Å². The molecule has 3 aromatic rings. The highest BCUT2D eigenvalue weighted by Crippen LogP contribution is 2.41. The minimum absolute atomic E-state index is 0.0972. The van der Waals surface area contributed by atoms with Crippen LogP contribution in [0.1, 0.15) is 22.7 Å². The Morgan fingerprint density at radius 2 is 1.80 bits per heavy atom. The molecule has 1 aliphatic rings. The number of amides is 1. The Morgan fingerprint density at radius 3 is 2.50 bits per heavy atom. The van der Waals surface area contributed by atoms with Gasteiger partial charge in [-0.25, -0.2) is 4.98 Å². The fraction of sp³-hybridized carbons (Fsp3) is 0.250. The molecule has 154 valence electrons. The van der Waals surface area contributed by atoms with Gasteiger partial charge >= 0.3 is 0 Å². The Balaban J connectivity index is 1.68. The van der Waals surface area contributed by atoms with E-state index in [4.69, 9.17) is 9.47 Å². The van der Waals surface area contributed by atoms with Gasteiger partial charge in [-0.15, -0.1) is 0 Å². The summed E-state index contributed by atoms with van der Waals surface area (Å²) in [5, 5.41) is 0.853. The van der Waals surface area contributed by atoms with E-state index in [9.17, 15) is 4.79 Å². The van der Waals surface area contributed by atoms with Crippen molar-refractivity contribution >= 4 is 17.7 Å². The van der Waals surface area contributed by atoms with E-state index in [2.05, 4.69) is 17.1 Å². The number of hydrogen-bond acceptors (Lipinski definition) is 5. The van der Waals surface area contributed by atoms with E-state index in [1.165, 1.54) is 17.3 Å². The Kier molecular flexibility index (Phi) is 6.23. The van der Waals surface area contributed by atoms with Crippen LogP contribution in [-0.4, -0.2) is 42.3 Å². The number of thioether (sulfide) groups is 1. The van der Waals surface area contributed by atoms with E-state index in [0.717, 1.165) is 22.6 Å². The number of nitrogens with zero attached hydrogens (tertiary/aromatic N) is 2. The summed E-state index contributed by atoms with van der Waals surface area (Å²) in [7, 11) is 3.28. The molecule has 30 heavy (non-hydrogen) atoms. The fourth-order valence-electron chi connectivity index (χ4n) is 3.86. The van der Waals surface area contributed by atoms with Gasteiger partial charge in [0.15, 0.2) is 11.5 Å². The molecular formula is C24H24N2O3S. The molecule has 0 radical (unpaired) electrons. The number of pyridine rings is 1. The predicted octanol–water partition coefficient (Wildman–Crippen LogP) is 4.37. The van der Waals surface area contributed by atoms with Crippen LogP contribution in [0.3, 0.4) is 0 Å². The first kappa shape index (κ1) is 20.3. The van der Waals surface area contributed by atoms with Crippen LogP contribution in [0.4, 0.5) is 0 Å². The van der Waals surface area contributed by atoms with Gasteiger partial charge in [-0.05, 0) is 47.4 Å². The van der Waals surface area contributed by atoms with Crippen LogP contribution in [0.5, 0.6) is 11.5 Å². The van der Waals surface area contributed by atoms with Crippen LogP contribution < -0.4 is 9.47 Å². The second-order valence-electron chi connectivity index (χ2n) is 7.01. The summed E-state index contributed by atoms with van der Waals surface area (Å²) in [4.78, 5) is 19.5. The van der Waals surface area contributed by atoms with Crippen LogP contribution in [0.2, 0.25) is 0 Å². The lowest BCUT2D eigenvalue weighted by molar-refractivity contribution is -0.130. The molecule has 6 heteroatoms. The molecule has 4 rings (SSSR count). The molecule has 0 N–H and O–H groups in total. The second-order valence-corrected chi connectivity index (χ2v) is 8.01. The number of aromatic nitrogens is 1. The smallest absolute Gasteiger partial charge is 0.233 e. The summed E-state index contributed by atoms with van der Waals surface area (Å²) in [5.74, 6) is 1.84. The molecule has 1 atom stereocenters. The Labute approximate surface area is 181 Å². The van der Waals surface area contributed by atoms with Crippen molar-refractivity contribution in [3.8, 4) is 11.5 Å². The van der Waals surface area contributed by atoms with Crippen molar-refractivity contribution in [3.63, 3.8) is 0 Å². The third-order valence-corrected chi connectivity index (χ3v) is 6.22. The number of ether oxygens (including phenoxy) is 2. The zero-order valence-electron chi connectivity index (χ0n) is 17.1. The summed E-state index contributed by atoms with van der Waals surface area (Å²) in [6, 6.07) is 19.8. The molecule has 5 nitrogen and oxygen atoms in total. The number of hydrogen-bond donors (Lipinski definition) is 0. The van der Waals surface area contributed by atoms with Crippen molar-refractivity contribution in [2.75, 3.05) is 26.5 Å². The average Bonchev–Trinajstić information content (AvgIpc) is 2.82. The van der Waals surface area contributed by atoms with Crippen LogP contribution in [0.15, 0.2) is 71.9 Å². The van der Waals surface area contributed by atoms with Crippen molar-refractivity contribution in [1.29, 1.82) is 0 Å². The van der Waals surface area contributed by atoms with Crippen LogP contribution in [-0.2, 0) is 11.2 Å². The van der Waals surface area contributed by atoms with Gasteiger partial charge in [-0.3, -0.25) is 4.79 Å². The number of fused-ring (bicyclic) bond motifs is 1. The molecule has 1 amide bonds. The lowest BCUT2D eigenvalue weighted by Crippen LogP contribution is -2.41. The van der Waals surface area contributed by atoms with Gasteiger partial charge in [-0.1, -0.05) is 48.2 Å². The maximum atomic E-state index is 13.3. The van der Waals surface area contributed by atoms with E-state index >= 15 is 0 Å². The molecule has 0 saturated heterocycles. The number of carbonyl (C=O) groups is 1.